The van der Waals surface area contributed by atoms with Crippen LogP contribution in [0.5, 0.6) is 23.3 Å². The lowest BCUT2D eigenvalue weighted by Gasteiger charge is -2.51. The maximum absolute atomic E-state index is 6.95. The molecule has 0 saturated carbocycles. The molecule has 0 amide bonds. The molecule has 6 aliphatic heterocycles. The van der Waals surface area contributed by atoms with Gasteiger partial charge in [0.15, 0.2) is 0 Å². The van der Waals surface area contributed by atoms with Crippen molar-refractivity contribution in [1.82, 2.24) is 30.0 Å². The van der Waals surface area contributed by atoms with Crippen molar-refractivity contribution in [1.29, 1.82) is 0 Å². The van der Waals surface area contributed by atoms with E-state index in [0.717, 1.165) is 83.5 Å². The average Bonchev–Trinajstić information content (AvgIpc) is 3.24. The highest BCUT2D eigenvalue weighted by atomic mass is 16.5. The van der Waals surface area contributed by atoms with E-state index in [1.807, 2.05) is 48.8 Å². The Hall–Kier alpha value is -5.06. The summed E-state index contributed by atoms with van der Waals surface area (Å²) in [6, 6.07) is 20.3. The monoisotopic (exact) mass is 724 g/mol. The van der Waals surface area contributed by atoms with Crippen molar-refractivity contribution in [3.05, 3.63) is 109 Å². The van der Waals surface area contributed by atoms with Gasteiger partial charge in [-0.3, -0.25) is 19.8 Å². The zero-order valence-corrected chi connectivity index (χ0v) is 31.1. The molecule has 10 atom stereocenters. The first kappa shape index (κ1) is 34.7. The summed E-state index contributed by atoms with van der Waals surface area (Å²) in [5.41, 5.74) is 3.92. The minimum Gasteiger partial charge on any atom is -0.497 e. The van der Waals surface area contributed by atoms with Gasteiger partial charge in [0.2, 0.25) is 11.8 Å². The van der Waals surface area contributed by atoms with Gasteiger partial charge in [0.05, 0.1) is 37.3 Å². The maximum Gasteiger partial charge on any atom is 0.234 e. The topological polar surface area (TPSA) is 95.0 Å². The Labute approximate surface area is 316 Å². The number of ether oxygens (including phenoxy) is 4. The fourth-order valence-corrected chi connectivity index (χ4v) is 9.82. The molecule has 6 fully saturated rings. The van der Waals surface area contributed by atoms with Crippen LogP contribution in [0.25, 0.3) is 21.8 Å². The zero-order valence-electron chi connectivity index (χ0n) is 31.1. The Morgan fingerprint density at radius 2 is 1.11 bits per heavy atom. The third-order valence-corrected chi connectivity index (χ3v) is 12.7. The Bertz CT molecular complexity index is 2010. The van der Waals surface area contributed by atoms with Gasteiger partial charge in [-0.2, -0.15) is 0 Å². The van der Waals surface area contributed by atoms with Crippen LogP contribution in [0, 0.1) is 23.7 Å². The fourth-order valence-electron chi connectivity index (χ4n) is 9.82. The van der Waals surface area contributed by atoms with Gasteiger partial charge < -0.3 is 18.9 Å². The van der Waals surface area contributed by atoms with E-state index in [9.17, 15) is 0 Å². The average molecular weight is 725 g/mol. The first-order valence-corrected chi connectivity index (χ1v) is 19.3. The summed E-state index contributed by atoms with van der Waals surface area (Å²) in [4.78, 5) is 14.5. The highest BCUT2D eigenvalue weighted by Gasteiger charge is 2.45. The van der Waals surface area contributed by atoms with Gasteiger partial charge in [0.25, 0.3) is 0 Å². The molecule has 0 spiro atoms. The van der Waals surface area contributed by atoms with Crippen molar-refractivity contribution in [2.24, 2.45) is 23.7 Å². The van der Waals surface area contributed by atoms with Crippen molar-refractivity contribution in [3.63, 3.8) is 0 Å². The van der Waals surface area contributed by atoms with Crippen molar-refractivity contribution >= 4 is 21.8 Å². The molecule has 9 heterocycles. The lowest BCUT2D eigenvalue weighted by Crippen LogP contribution is -2.55. The second-order valence-electron chi connectivity index (χ2n) is 15.3. The number of piperidine rings is 6. The van der Waals surface area contributed by atoms with Crippen LogP contribution in [0.15, 0.2) is 98.4 Å². The first-order chi connectivity index (χ1) is 26.5. The normalized spacial score (nSPS) is 28.3. The summed E-state index contributed by atoms with van der Waals surface area (Å²) in [5.74, 6) is 4.60. The summed E-state index contributed by atoms with van der Waals surface area (Å²) >= 11 is 0. The SMILES string of the molecule is C=CC1CN2CCC1CC2C(Oc1ccc(OC(c2ccnc3ccc(OC)cc23)C2CC3CCN2CC3C=C)nn1)c1ccnc2ccc(OC)cc12. The van der Waals surface area contributed by atoms with Crippen molar-refractivity contribution in [2.45, 2.75) is 50.0 Å². The summed E-state index contributed by atoms with van der Waals surface area (Å²) in [7, 11) is 3.39. The molecule has 4 bridgehead atoms. The molecule has 54 heavy (non-hydrogen) atoms. The van der Waals surface area contributed by atoms with E-state index >= 15 is 0 Å². The van der Waals surface area contributed by atoms with Crippen molar-refractivity contribution < 1.29 is 18.9 Å². The number of pyridine rings is 2. The van der Waals surface area contributed by atoms with Crippen LogP contribution in [0.3, 0.4) is 0 Å². The van der Waals surface area contributed by atoms with Gasteiger partial charge in [-0.1, -0.05) is 12.2 Å². The van der Waals surface area contributed by atoms with Gasteiger partial charge in [-0.15, -0.1) is 23.4 Å². The molecule has 0 radical (unpaired) electrons. The molecule has 11 rings (SSSR count). The van der Waals surface area contributed by atoms with Gasteiger partial charge >= 0.3 is 0 Å². The third-order valence-electron chi connectivity index (χ3n) is 12.7. The van der Waals surface area contributed by atoms with Crippen LogP contribution in [0.2, 0.25) is 0 Å². The summed E-state index contributed by atoms with van der Waals surface area (Å²) in [6.07, 6.45) is 11.8. The number of nitrogens with zero attached hydrogens (tertiary/aromatic N) is 6. The van der Waals surface area contributed by atoms with Crippen LogP contribution in [-0.4, -0.2) is 82.4 Å². The van der Waals surface area contributed by atoms with E-state index in [-0.39, 0.29) is 24.3 Å². The minimum absolute atomic E-state index is 0.158. The van der Waals surface area contributed by atoms with E-state index in [1.54, 1.807) is 14.2 Å². The first-order valence-electron chi connectivity index (χ1n) is 19.3. The van der Waals surface area contributed by atoms with Crippen LogP contribution in [0.1, 0.15) is 49.0 Å². The number of rotatable bonds is 12. The summed E-state index contributed by atoms with van der Waals surface area (Å²) in [6.45, 7) is 12.3. The van der Waals surface area contributed by atoms with Gasteiger partial charge in [0, 0.05) is 59.5 Å². The Kier molecular flexibility index (Phi) is 9.41. The molecule has 3 aromatic heterocycles. The van der Waals surface area contributed by atoms with Gasteiger partial charge in [0.1, 0.15) is 23.7 Å². The Morgan fingerprint density at radius 1 is 0.648 bits per heavy atom. The second-order valence-corrected chi connectivity index (χ2v) is 15.3. The van der Waals surface area contributed by atoms with Crippen LogP contribution < -0.4 is 18.9 Å². The number of methoxy groups -OCH3 is 2. The Morgan fingerprint density at radius 3 is 1.48 bits per heavy atom. The molecule has 6 aliphatic rings. The Balaban J connectivity index is 1.05. The van der Waals surface area contributed by atoms with Gasteiger partial charge in [-0.05, 0) is 111 Å². The summed E-state index contributed by atoms with van der Waals surface area (Å²) in [5, 5.41) is 11.4. The molecule has 10 nitrogen and oxygen atoms in total. The van der Waals surface area contributed by atoms with E-state index in [1.165, 1.54) is 12.8 Å². The molecule has 0 aliphatic carbocycles. The molecule has 2 aromatic carbocycles. The standard InChI is InChI=1S/C44H48N6O4/c1-5-27-25-49-19-15-29(27)21-39(49)43(33-13-17-45-37-9-7-31(51-3)23-35(33)37)53-41-11-12-42(48-47-41)54-44(40-22-30-16-20-50(40)26-28(30)6-2)34-14-18-46-38-10-8-32(52-4)24-36(34)38/h5-14,17-18,23-24,27-30,39-40,43-44H,1-2,15-16,19-22,25-26H2,3-4H3. The lowest BCUT2D eigenvalue weighted by molar-refractivity contribution is -0.0389. The lowest BCUT2D eigenvalue weighted by atomic mass is 9.73. The van der Waals surface area contributed by atoms with Crippen LogP contribution >= 0.6 is 0 Å². The predicted octanol–water partition coefficient (Wildman–Crippen LogP) is 7.62. The van der Waals surface area contributed by atoms with E-state index in [0.29, 0.717) is 35.4 Å². The number of fused-ring (bicyclic) bond motifs is 8. The number of benzene rings is 2. The minimum atomic E-state index is -0.299. The van der Waals surface area contributed by atoms with Crippen molar-refractivity contribution in [3.8, 4) is 23.3 Å². The largest absolute Gasteiger partial charge is 0.497 e. The van der Waals surface area contributed by atoms with Crippen LogP contribution in [-0.2, 0) is 0 Å². The number of aromatic nitrogens is 4. The predicted molar refractivity (Wildman–Crippen MR) is 209 cm³/mol. The molecule has 6 saturated heterocycles. The quantitative estimate of drug-likeness (QED) is 0.120. The van der Waals surface area contributed by atoms with E-state index in [2.05, 4.69) is 79.5 Å². The van der Waals surface area contributed by atoms with Crippen LogP contribution in [0.4, 0.5) is 0 Å². The molecular formula is C44H48N6O4. The molecule has 5 aromatic rings. The van der Waals surface area contributed by atoms with Gasteiger partial charge in [-0.25, -0.2) is 0 Å². The number of hydrogen-bond acceptors (Lipinski definition) is 10. The smallest absolute Gasteiger partial charge is 0.234 e. The van der Waals surface area contributed by atoms with E-state index < -0.39 is 0 Å². The maximum atomic E-state index is 6.95. The van der Waals surface area contributed by atoms with E-state index in [4.69, 9.17) is 18.9 Å². The second kappa shape index (κ2) is 14.6. The molecule has 10 heteroatoms. The fraction of sp³-hybridized carbons (Fsp3) is 0.409. The zero-order chi connectivity index (χ0) is 36.8. The van der Waals surface area contributed by atoms with Crippen molar-refractivity contribution in [2.75, 3.05) is 40.4 Å². The highest BCUT2D eigenvalue weighted by Crippen LogP contribution is 2.46. The number of hydrogen-bond donors (Lipinski definition) is 0. The molecule has 10 unspecified atom stereocenters. The summed E-state index contributed by atoms with van der Waals surface area (Å²) < 4.78 is 25.2. The third kappa shape index (κ3) is 6.35. The molecule has 278 valence electrons. The molecule has 0 N–H and O–H groups in total. The highest BCUT2D eigenvalue weighted by molar-refractivity contribution is 5.85. The molecular weight excluding hydrogens is 677 g/mol.